The zero-order valence-electron chi connectivity index (χ0n) is 16.6. The number of fused-ring (bicyclic) bond motifs is 1. The molecule has 4 rings (SSSR count). The lowest BCUT2D eigenvalue weighted by molar-refractivity contribution is -0.111. The number of amides is 1. The Bertz CT molecular complexity index is 1340. The number of halogens is 1. The fourth-order valence-corrected chi connectivity index (χ4v) is 3.28. The number of carbonyl (C=O) groups is 1. The molecule has 0 spiro atoms. The predicted molar refractivity (Wildman–Crippen MR) is 124 cm³/mol. The van der Waals surface area contributed by atoms with E-state index in [2.05, 4.69) is 5.32 Å². The van der Waals surface area contributed by atoms with Crippen molar-refractivity contribution in [3.63, 3.8) is 0 Å². The van der Waals surface area contributed by atoms with Crippen molar-refractivity contribution in [1.29, 1.82) is 0 Å². The lowest BCUT2D eigenvalue weighted by Crippen LogP contribution is -2.09. The van der Waals surface area contributed by atoms with Gasteiger partial charge in [-0.25, -0.2) is 4.79 Å². The van der Waals surface area contributed by atoms with Gasteiger partial charge in [-0.2, -0.15) is 0 Å². The fourth-order valence-electron chi connectivity index (χ4n) is 3.16. The van der Waals surface area contributed by atoms with E-state index in [0.29, 0.717) is 33.2 Å². The number of rotatable bonds is 5. The SMILES string of the molecule is COc1ccc(-c2cc3ccccc3oc2=O)cc1NC(=O)C=Cc1ccc(Cl)cc1. The summed E-state index contributed by atoms with van der Waals surface area (Å²) in [6, 6.07) is 21.3. The van der Waals surface area contributed by atoms with Crippen LogP contribution in [-0.4, -0.2) is 13.0 Å². The van der Waals surface area contributed by atoms with Crippen LogP contribution in [-0.2, 0) is 4.79 Å². The van der Waals surface area contributed by atoms with E-state index in [-0.39, 0.29) is 5.91 Å². The third-order valence-electron chi connectivity index (χ3n) is 4.71. The average Bonchev–Trinajstić information content (AvgIpc) is 2.78. The highest BCUT2D eigenvalue weighted by atomic mass is 35.5. The summed E-state index contributed by atoms with van der Waals surface area (Å²) in [5, 5.41) is 4.24. The van der Waals surface area contributed by atoms with Gasteiger partial charge in [-0.05, 0) is 53.6 Å². The van der Waals surface area contributed by atoms with Crippen LogP contribution in [0.1, 0.15) is 5.56 Å². The Hall–Kier alpha value is -3.83. The van der Waals surface area contributed by atoms with Gasteiger partial charge in [0.15, 0.2) is 0 Å². The monoisotopic (exact) mass is 431 g/mol. The predicted octanol–water partition coefficient (Wildman–Crippen LogP) is 5.77. The Kier molecular flexibility index (Phi) is 5.87. The summed E-state index contributed by atoms with van der Waals surface area (Å²) < 4.78 is 10.8. The minimum absolute atomic E-state index is 0.337. The minimum Gasteiger partial charge on any atom is -0.495 e. The van der Waals surface area contributed by atoms with Gasteiger partial charge in [-0.1, -0.05) is 48.0 Å². The number of methoxy groups -OCH3 is 1. The van der Waals surface area contributed by atoms with Crippen LogP contribution in [0, 0.1) is 0 Å². The largest absolute Gasteiger partial charge is 0.495 e. The van der Waals surface area contributed by atoms with E-state index in [9.17, 15) is 9.59 Å². The molecule has 0 unspecified atom stereocenters. The summed E-state index contributed by atoms with van der Waals surface area (Å²) in [6.07, 6.45) is 3.10. The molecule has 5 nitrogen and oxygen atoms in total. The number of benzene rings is 3. The molecule has 0 radical (unpaired) electrons. The lowest BCUT2D eigenvalue weighted by Gasteiger charge is -2.11. The van der Waals surface area contributed by atoms with Crippen LogP contribution in [0.25, 0.3) is 28.2 Å². The Morgan fingerprint density at radius 3 is 2.58 bits per heavy atom. The van der Waals surface area contributed by atoms with Crippen molar-refractivity contribution >= 4 is 40.2 Å². The zero-order valence-corrected chi connectivity index (χ0v) is 17.3. The molecular weight excluding hydrogens is 414 g/mol. The van der Waals surface area contributed by atoms with Gasteiger partial charge >= 0.3 is 5.63 Å². The topological polar surface area (TPSA) is 68.5 Å². The molecule has 6 heteroatoms. The summed E-state index contributed by atoms with van der Waals surface area (Å²) in [7, 11) is 1.51. The molecule has 1 aromatic heterocycles. The molecule has 4 aromatic rings. The summed E-state index contributed by atoms with van der Waals surface area (Å²) in [6.45, 7) is 0. The fraction of sp³-hybridized carbons (Fsp3) is 0.0400. The van der Waals surface area contributed by atoms with E-state index in [1.165, 1.54) is 13.2 Å². The molecule has 0 atom stereocenters. The molecule has 0 saturated carbocycles. The van der Waals surface area contributed by atoms with Crippen molar-refractivity contribution in [3.05, 3.63) is 99.9 Å². The standard InChI is InChI=1S/C25H18ClNO4/c1-30-23-12-9-17(20-14-18-4-2-3-5-22(18)31-25(20)29)15-21(23)27-24(28)13-8-16-6-10-19(26)11-7-16/h2-15H,1H3,(H,27,28). The molecule has 31 heavy (non-hydrogen) atoms. The molecule has 0 aliphatic rings. The number of hydrogen-bond acceptors (Lipinski definition) is 4. The Labute approximate surface area is 183 Å². The first kappa shape index (κ1) is 20.4. The highest BCUT2D eigenvalue weighted by Gasteiger charge is 2.12. The molecule has 3 aromatic carbocycles. The van der Waals surface area contributed by atoms with E-state index in [1.807, 2.05) is 30.3 Å². The number of hydrogen-bond donors (Lipinski definition) is 1. The van der Waals surface area contributed by atoms with E-state index in [4.69, 9.17) is 20.8 Å². The van der Waals surface area contributed by atoms with Crippen LogP contribution in [0.15, 0.2) is 88.1 Å². The maximum atomic E-state index is 12.5. The number of ether oxygens (including phenoxy) is 1. The maximum Gasteiger partial charge on any atom is 0.344 e. The highest BCUT2D eigenvalue weighted by Crippen LogP contribution is 2.30. The molecule has 0 fully saturated rings. The van der Waals surface area contributed by atoms with Crippen molar-refractivity contribution in [1.82, 2.24) is 0 Å². The van der Waals surface area contributed by atoms with Crippen molar-refractivity contribution < 1.29 is 13.9 Å². The van der Waals surface area contributed by atoms with Crippen molar-refractivity contribution in [2.24, 2.45) is 0 Å². The molecule has 1 N–H and O–H groups in total. The first-order valence-electron chi connectivity index (χ1n) is 9.49. The molecule has 154 valence electrons. The number of anilines is 1. The molecular formula is C25H18ClNO4. The Morgan fingerprint density at radius 2 is 1.81 bits per heavy atom. The number of nitrogens with one attached hydrogen (secondary N) is 1. The van der Waals surface area contributed by atoms with Gasteiger partial charge in [-0.15, -0.1) is 0 Å². The average molecular weight is 432 g/mol. The number of para-hydroxylation sites is 1. The molecule has 1 heterocycles. The third-order valence-corrected chi connectivity index (χ3v) is 4.96. The van der Waals surface area contributed by atoms with E-state index >= 15 is 0 Å². The molecule has 0 saturated heterocycles. The first-order valence-corrected chi connectivity index (χ1v) is 9.87. The quantitative estimate of drug-likeness (QED) is 0.321. The second-order valence-electron chi connectivity index (χ2n) is 6.77. The van der Waals surface area contributed by atoms with Crippen LogP contribution in [0.5, 0.6) is 5.75 Å². The molecule has 0 bridgehead atoms. The summed E-state index contributed by atoms with van der Waals surface area (Å²) in [5.74, 6) is 0.137. The second-order valence-corrected chi connectivity index (χ2v) is 7.21. The highest BCUT2D eigenvalue weighted by molar-refractivity contribution is 6.30. The van der Waals surface area contributed by atoms with E-state index in [0.717, 1.165) is 10.9 Å². The zero-order chi connectivity index (χ0) is 21.8. The third kappa shape index (κ3) is 4.68. The van der Waals surface area contributed by atoms with Crippen LogP contribution < -0.4 is 15.7 Å². The Balaban J connectivity index is 1.63. The minimum atomic E-state index is -0.455. The van der Waals surface area contributed by atoms with Gasteiger partial charge < -0.3 is 14.5 Å². The van der Waals surface area contributed by atoms with Crippen LogP contribution in [0.4, 0.5) is 5.69 Å². The van der Waals surface area contributed by atoms with Crippen molar-refractivity contribution in [3.8, 4) is 16.9 Å². The molecule has 0 aliphatic heterocycles. The second kappa shape index (κ2) is 8.90. The van der Waals surface area contributed by atoms with Crippen molar-refractivity contribution in [2.75, 3.05) is 12.4 Å². The van der Waals surface area contributed by atoms with Gasteiger partial charge in [0, 0.05) is 16.5 Å². The van der Waals surface area contributed by atoms with Crippen LogP contribution >= 0.6 is 11.6 Å². The van der Waals surface area contributed by atoms with Crippen LogP contribution in [0.3, 0.4) is 0 Å². The van der Waals surface area contributed by atoms with Gasteiger partial charge in [0.25, 0.3) is 0 Å². The van der Waals surface area contributed by atoms with E-state index in [1.54, 1.807) is 48.5 Å². The van der Waals surface area contributed by atoms with Crippen LogP contribution in [0.2, 0.25) is 5.02 Å². The van der Waals surface area contributed by atoms with Gasteiger partial charge in [0.2, 0.25) is 5.91 Å². The molecule has 0 aliphatic carbocycles. The van der Waals surface area contributed by atoms with Gasteiger partial charge in [-0.3, -0.25) is 4.79 Å². The smallest absolute Gasteiger partial charge is 0.344 e. The first-order chi connectivity index (χ1) is 15.0. The maximum absolute atomic E-state index is 12.5. The Morgan fingerprint density at radius 1 is 1.03 bits per heavy atom. The summed E-state index contributed by atoms with van der Waals surface area (Å²) in [4.78, 5) is 24.9. The van der Waals surface area contributed by atoms with Crippen molar-refractivity contribution in [2.45, 2.75) is 0 Å². The number of carbonyl (C=O) groups excluding carboxylic acids is 1. The summed E-state index contributed by atoms with van der Waals surface area (Å²) in [5.41, 5.74) is 2.35. The van der Waals surface area contributed by atoms with E-state index < -0.39 is 5.63 Å². The summed E-state index contributed by atoms with van der Waals surface area (Å²) >= 11 is 5.88. The lowest BCUT2D eigenvalue weighted by atomic mass is 10.0. The molecule has 1 amide bonds. The van der Waals surface area contributed by atoms with Gasteiger partial charge in [0.05, 0.1) is 18.4 Å². The normalized spacial score (nSPS) is 11.0. The van der Waals surface area contributed by atoms with Gasteiger partial charge in [0.1, 0.15) is 11.3 Å².